The molecule has 7 nitrogen and oxygen atoms in total. The number of rotatable bonds is 3. The highest BCUT2D eigenvalue weighted by Crippen LogP contribution is 2.39. The average Bonchev–Trinajstić information content (AvgIpc) is 3.33. The van der Waals surface area contributed by atoms with Crippen molar-refractivity contribution < 1.29 is 14.7 Å². The van der Waals surface area contributed by atoms with Crippen molar-refractivity contribution in [2.24, 2.45) is 10.2 Å². The van der Waals surface area contributed by atoms with Gasteiger partial charge in [-0.1, -0.05) is 12.1 Å². The number of hydroxylamine groups is 2. The van der Waals surface area contributed by atoms with Crippen LogP contribution in [0.2, 0.25) is 0 Å². The van der Waals surface area contributed by atoms with Crippen LogP contribution in [0.3, 0.4) is 0 Å². The Morgan fingerprint density at radius 3 is 2.68 bits per heavy atom. The van der Waals surface area contributed by atoms with Gasteiger partial charge in [0, 0.05) is 34.8 Å². The predicted octanol–water partition coefficient (Wildman–Crippen LogP) is 5.28. The molecule has 31 heavy (non-hydrogen) atoms. The smallest absolute Gasteiger partial charge is 0.256 e. The Labute approximate surface area is 178 Å². The fourth-order valence-corrected chi connectivity index (χ4v) is 3.54. The van der Waals surface area contributed by atoms with Crippen LogP contribution in [0.5, 0.6) is 5.75 Å². The topological polar surface area (TPSA) is 86.5 Å². The monoisotopic (exact) mass is 410 g/mol. The summed E-state index contributed by atoms with van der Waals surface area (Å²) in [6, 6.07) is 11.3. The van der Waals surface area contributed by atoms with Gasteiger partial charge in [-0.3, -0.25) is 10.0 Å². The molecule has 0 unspecified atom stereocenters. The van der Waals surface area contributed by atoms with Gasteiger partial charge < -0.3 is 10.1 Å². The molecule has 2 aromatic rings. The molecular formula is C24H18N4O3. The summed E-state index contributed by atoms with van der Waals surface area (Å²) in [5, 5.41) is 21.7. The first-order chi connectivity index (χ1) is 15.1. The minimum absolute atomic E-state index is 0.146. The van der Waals surface area contributed by atoms with E-state index in [9.17, 15) is 10.0 Å². The van der Waals surface area contributed by atoms with Crippen LogP contribution in [0.4, 0.5) is 11.4 Å². The summed E-state index contributed by atoms with van der Waals surface area (Å²) >= 11 is 0. The standard InChI is InChI=1S/C24H18N4O3/c1-31-17-4-7-21-19(14-17)20(24(29)25-21)12-16-2-5-18-22(26-27-23(18)13-16)6-3-15-8-10-28(30)11-9-15/h2-14,30H,1H3,(H,25,29)/b20-12+,22-6?. The Kier molecular flexibility index (Phi) is 4.57. The van der Waals surface area contributed by atoms with E-state index in [0.29, 0.717) is 11.3 Å². The van der Waals surface area contributed by atoms with Crippen LogP contribution in [-0.2, 0) is 4.79 Å². The molecular weight excluding hydrogens is 392 g/mol. The van der Waals surface area contributed by atoms with Gasteiger partial charge in [0.1, 0.15) is 5.75 Å². The zero-order valence-corrected chi connectivity index (χ0v) is 16.6. The number of methoxy groups -OCH3 is 1. The van der Waals surface area contributed by atoms with E-state index >= 15 is 0 Å². The second kappa shape index (κ2) is 7.55. The van der Waals surface area contributed by atoms with Crippen molar-refractivity contribution in [2.45, 2.75) is 0 Å². The fraction of sp³-hybridized carbons (Fsp3) is 0.0417. The lowest BCUT2D eigenvalue weighted by molar-refractivity contribution is -0.110. The molecule has 2 N–H and O–H groups in total. The summed E-state index contributed by atoms with van der Waals surface area (Å²) in [5.41, 5.74) is 6.38. The van der Waals surface area contributed by atoms with E-state index < -0.39 is 0 Å². The highest BCUT2D eigenvalue weighted by Gasteiger charge is 2.25. The molecule has 0 fully saturated rings. The highest BCUT2D eigenvalue weighted by atomic mass is 16.5. The number of amides is 1. The minimum atomic E-state index is -0.146. The Morgan fingerprint density at radius 2 is 1.87 bits per heavy atom. The normalized spacial score (nSPS) is 18.6. The minimum Gasteiger partial charge on any atom is -0.497 e. The number of anilines is 1. The zero-order valence-electron chi connectivity index (χ0n) is 16.6. The third-order valence-electron chi connectivity index (χ3n) is 5.16. The van der Waals surface area contributed by atoms with Crippen molar-refractivity contribution in [2.75, 3.05) is 12.4 Å². The Morgan fingerprint density at radius 1 is 1.03 bits per heavy atom. The molecule has 0 bridgehead atoms. The quantitative estimate of drug-likeness (QED) is 0.674. The third-order valence-corrected chi connectivity index (χ3v) is 5.16. The van der Waals surface area contributed by atoms with E-state index in [0.717, 1.165) is 44.4 Å². The molecule has 5 rings (SSSR count). The Bertz CT molecular complexity index is 1270. The Balaban J connectivity index is 1.44. The molecule has 3 aliphatic heterocycles. The number of nitrogens with zero attached hydrogens (tertiary/aromatic N) is 3. The van der Waals surface area contributed by atoms with Gasteiger partial charge >= 0.3 is 0 Å². The van der Waals surface area contributed by atoms with E-state index in [2.05, 4.69) is 15.5 Å². The molecule has 0 saturated heterocycles. The van der Waals surface area contributed by atoms with Crippen molar-refractivity contribution in [1.29, 1.82) is 0 Å². The molecule has 2 aromatic carbocycles. The van der Waals surface area contributed by atoms with Gasteiger partial charge in [0.05, 0.1) is 18.5 Å². The van der Waals surface area contributed by atoms with E-state index in [1.165, 1.54) is 0 Å². The number of fused-ring (bicyclic) bond motifs is 2. The molecule has 152 valence electrons. The first-order valence-corrected chi connectivity index (χ1v) is 9.64. The van der Waals surface area contributed by atoms with Gasteiger partial charge in [-0.2, -0.15) is 0 Å². The van der Waals surface area contributed by atoms with Crippen molar-refractivity contribution >= 4 is 34.6 Å². The summed E-state index contributed by atoms with van der Waals surface area (Å²) < 4.78 is 5.29. The van der Waals surface area contributed by atoms with E-state index in [1.807, 2.05) is 54.6 Å². The molecule has 0 radical (unpaired) electrons. The van der Waals surface area contributed by atoms with Crippen LogP contribution >= 0.6 is 0 Å². The number of allylic oxidation sites excluding steroid dienone is 5. The van der Waals surface area contributed by atoms with Gasteiger partial charge in [-0.25, -0.2) is 5.06 Å². The number of carbonyl (C=O) groups excluding carboxylic acids is 1. The number of hydrogen-bond donors (Lipinski definition) is 2. The van der Waals surface area contributed by atoms with Crippen LogP contribution in [-0.4, -0.2) is 23.3 Å². The van der Waals surface area contributed by atoms with Crippen molar-refractivity contribution in [1.82, 2.24) is 5.06 Å². The number of ether oxygens (including phenoxy) is 1. The maximum atomic E-state index is 12.5. The van der Waals surface area contributed by atoms with Crippen LogP contribution in [0.15, 0.2) is 88.9 Å². The first kappa shape index (κ1) is 18.8. The Hall–Kier alpha value is -4.23. The SMILES string of the molecule is COc1ccc2c(c1)/C(=C\c1ccc3c(c1)N=NC3=CC=C1C=CN(O)C=C1)C(=O)N2. The average molecular weight is 410 g/mol. The third kappa shape index (κ3) is 3.58. The number of benzene rings is 2. The molecule has 0 atom stereocenters. The summed E-state index contributed by atoms with van der Waals surface area (Å²) in [7, 11) is 1.60. The molecule has 0 spiro atoms. The molecule has 3 heterocycles. The summed E-state index contributed by atoms with van der Waals surface area (Å²) in [4.78, 5) is 12.5. The summed E-state index contributed by atoms with van der Waals surface area (Å²) in [6.07, 6.45) is 12.3. The van der Waals surface area contributed by atoms with Crippen LogP contribution in [0, 0.1) is 0 Å². The molecule has 0 aliphatic carbocycles. The molecule has 3 aliphatic rings. The van der Waals surface area contributed by atoms with Crippen molar-refractivity contribution in [3.63, 3.8) is 0 Å². The number of azo groups is 1. The number of hydrogen-bond acceptors (Lipinski definition) is 6. The van der Waals surface area contributed by atoms with E-state index in [-0.39, 0.29) is 5.91 Å². The number of carbonyl (C=O) groups is 1. The van der Waals surface area contributed by atoms with E-state index in [4.69, 9.17) is 4.74 Å². The van der Waals surface area contributed by atoms with Crippen LogP contribution in [0.25, 0.3) is 17.3 Å². The zero-order chi connectivity index (χ0) is 21.4. The number of nitrogens with one attached hydrogen (secondary N) is 1. The largest absolute Gasteiger partial charge is 0.497 e. The fourth-order valence-electron chi connectivity index (χ4n) is 3.54. The van der Waals surface area contributed by atoms with E-state index in [1.54, 1.807) is 31.7 Å². The summed E-state index contributed by atoms with van der Waals surface area (Å²) in [6.45, 7) is 0. The van der Waals surface area contributed by atoms with Gasteiger partial charge in [0.15, 0.2) is 0 Å². The van der Waals surface area contributed by atoms with Crippen LogP contribution < -0.4 is 10.1 Å². The van der Waals surface area contributed by atoms with Crippen molar-refractivity contribution in [3.05, 3.63) is 95.4 Å². The first-order valence-electron chi connectivity index (χ1n) is 9.64. The molecule has 0 saturated carbocycles. The van der Waals surface area contributed by atoms with Crippen molar-refractivity contribution in [3.8, 4) is 5.75 Å². The predicted molar refractivity (Wildman–Crippen MR) is 118 cm³/mol. The van der Waals surface area contributed by atoms with Gasteiger partial charge in [0.2, 0.25) is 0 Å². The maximum Gasteiger partial charge on any atom is 0.256 e. The lowest BCUT2D eigenvalue weighted by Crippen LogP contribution is -2.03. The van der Waals surface area contributed by atoms with Gasteiger partial charge in [-0.15, -0.1) is 10.2 Å². The highest BCUT2D eigenvalue weighted by molar-refractivity contribution is 6.35. The lowest BCUT2D eigenvalue weighted by atomic mass is 10.0. The second-order valence-electron chi connectivity index (χ2n) is 7.13. The van der Waals surface area contributed by atoms with Crippen LogP contribution in [0.1, 0.15) is 16.7 Å². The lowest BCUT2D eigenvalue weighted by Gasteiger charge is -2.09. The molecule has 1 amide bonds. The molecule has 0 aromatic heterocycles. The summed E-state index contributed by atoms with van der Waals surface area (Å²) in [5.74, 6) is 0.551. The molecule has 7 heteroatoms. The van der Waals surface area contributed by atoms with Gasteiger partial charge in [0.25, 0.3) is 5.91 Å². The van der Waals surface area contributed by atoms with Gasteiger partial charge in [-0.05, 0) is 65.8 Å². The second-order valence-corrected chi connectivity index (χ2v) is 7.13. The maximum absolute atomic E-state index is 12.5.